The maximum atomic E-state index is 12.3. The molecule has 5 saturated carbocycles. The van der Waals surface area contributed by atoms with E-state index < -0.39 is 0 Å². The fourth-order valence-electron chi connectivity index (χ4n) is 9.25. The first kappa shape index (κ1) is 16.8. The summed E-state index contributed by atoms with van der Waals surface area (Å²) in [6.07, 6.45) is 16.0. The Morgan fingerprint density at radius 2 is 1.52 bits per heavy atom. The average molecular weight is 343 g/mol. The van der Waals surface area contributed by atoms with Gasteiger partial charge in [-0.3, -0.25) is 4.79 Å². The Kier molecular flexibility index (Phi) is 3.76. The SMILES string of the molecule is CC(=O)C1CCC2C3CCC4(C5CC5)CC(C)CCC4C3CCC12C. The Balaban J connectivity index is 1.44. The number of ketones is 1. The molecule has 0 aromatic rings. The van der Waals surface area contributed by atoms with Crippen molar-refractivity contribution in [3.05, 3.63) is 0 Å². The zero-order valence-corrected chi connectivity index (χ0v) is 16.7. The van der Waals surface area contributed by atoms with Crippen LogP contribution in [0.3, 0.4) is 0 Å². The van der Waals surface area contributed by atoms with Crippen molar-refractivity contribution in [1.29, 1.82) is 0 Å². The van der Waals surface area contributed by atoms with Crippen LogP contribution in [0.1, 0.15) is 91.4 Å². The van der Waals surface area contributed by atoms with Crippen LogP contribution in [0, 0.1) is 52.3 Å². The lowest BCUT2D eigenvalue weighted by molar-refractivity contribution is -0.135. The molecule has 0 heterocycles. The van der Waals surface area contributed by atoms with E-state index in [1.165, 1.54) is 64.2 Å². The van der Waals surface area contributed by atoms with E-state index in [1.807, 2.05) is 6.92 Å². The fraction of sp³-hybridized carbons (Fsp3) is 0.958. The second-order valence-corrected chi connectivity index (χ2v) is 11.3. The molecule has 5 rings (SSSR count). The van der Waals surface area contributed by atoms with Crippen LogP contribution in [-0.4, -0.2) is 5.78 Å². The highest BCUT2D eigenvalue weighted by Crippen LogP contribution is 2.70. The van der Waals surface area contributed by atoms with Gasteiger partial charge in [0.1, 0.15) is 5.78 Å². The van der Waals surface area contributed by atoms with E-state index in [0.717, 1.165) is 40.9 Å². The van der Waals surface area contributed by atoms with Gasteiger partial charge in [0.25, 0.3) is 0 Å². The minimum Gasteiger partial charge on any atom is -0.300 e. The van der Waals surface area contributed by atoms with Gasteiger partial charge in [-0.15, -0.1) is 0 Å². The lowest BCUT2D eigenvalue weighted by Gasteiger charge is -2.61. The Morgan fingerprint density at radius 1 is 0.840 bits per heavy atom. The van der Waals surface area contributed by atoms with Gasteiger partial charge in [0, 0.05) is 5.92 Å². The van der Waals surface area contributed by atoms with Gasteiger partial charge in [0.15, 0.2) is 0 Å². The molecule has 140 valence electrons. The molecule has 5 fully saturated rings. The third kappa shape index (κ3) is 2.29. The van der Waals surface area contributed by atoms with E-state index in [9.17, 15) is 4.79 Å². The van der Waals surface area contributed by atoms with E-state index >= 15 is 0 Å². The van der Waals surface area contributed by atoms with Crippen molar-refractivity contribution in [2.45, 2.75) is 91.4 Å². The maximum Gasteiger partial charge on any atom is 0.133 e. The van der Waals surface area contributed by atoms with E-state index in [1.54, 1.807) is 6.42 Å². The van der Waals surface area contributed by atoms with E-state index in [4.69, 9.17) is 0 Å². The molecule has 1 nitrogen and oxygen atoms in total. The highest BCUT2D eigenvalue weighted by atomic mass is 16.1. The van der Waals surface area contributed by atoms with Gasteiger partial charge in [0.05, 0.1) is 0 Å². The molecular formula is C24H38O. The minimum absolute atomic E-state index is 0.342. The number of fused-ring (bicyclic) bond motifs is 5. The van der Waals surface area contributed by atoms with Crippen molar-refractivity contribution in [3.8, 4) is 0 Å². The molecule has 0 spiro atoms. The standard InChI is InChI=1S/C24H38O/c1-15-4-7-22-19-10-12-23(3)20(16(2)25)8-9-21(23)18(19)11-13-24(22,14-15)17-5-6-17/h15,17-22H,4-14H2,1-3H3. The number of hydrogen-bond acceptors (Lipinski definition) is 1. The molecule has 1 heteroatoms. The second-order valence-electron chi connectivity index (χ2n) is 11.3. The lowest BCUT2D eigenvalue weighted by atomic mass is 9.44. The molecule has 5 aliphatic carbocycles. The Bertz CT molecular complexity index is 562. The molecule has 0 radical (unpaired) electrons. The molecule has 5 aliphatic rings. The topological polar surface area (TPSA) is 17.1 Å². The first-order valence-electron chi connectivity index (χ1n) is 11.5. The number of rotatable bonds is 2. The second kappa shape index (κ2) is 5.59. The van der Waals surface area contributed by atoms with Crippen molar-refractivity contribution >= 4 is 5.78 Å². The van der Waals surface area contributed by atoms with Crippen molar-refractivity contribution < 1.29 is 4.79 Å². The van der Waals surface area contributed by atoms with E-state index in [2.05, 4.69) is 13.8 Å². The summed E-state index contributed by atoms with van der Waals surface area (Å²) in [6, 6.07) is 0. The highest BCUT2D eigenvalue weighted by molar-refractivity contribution is 5.79. The van der Waals surface area contributed by atoms with Crippen molar-refractivity contribution in [2.75, 3.05) is 0 Å². The summed E-state index contributed by atoms with van der Waals surface area (Å²) in [5, 5.41) is 0. The van der Waals surface area contributed by atoms with Gasteiger partial charge >= 0.3 is 0 Å². The van der Waals surface area contributed by atoms with Gasteiger partial charge in [0.2, 0.25) is 0 Å². The van der Waals surface area contributed by atoms with Crippen LogP contribution in [0.5, 0.6) is 0 Å². The predicted molar refractivity (Wildman–Crippen MR) is 102 cm³/mol. The van der Waals surface area contributed by atoms with Gasteiger partial charge in [-0.2, -0.15) is 0 Å². The summed E-state index contributed by atoms with van der Waals surface area (Å²) in [4.78, 5) is 12.3. The quantitative estimate of drug-likeness (QED) is 0.579. The van der Waals surface area contributed by atoms with Crippen LogP contribution < -0.4 is 0 Å². The molecule has 0 saturated heterocycles. The molecule has 0 aliphatic heterocycles. The number of hydrogen-bond donors (Lipinski definition) is 0. The first-order valence-corrected chi connectivity index (χ1v) is 11.5. The monoisotopic (exact) mass is 342 g/mol. The van der Waals surface area contributed by atoms with Crippen LogP contribution in [-0.2, 0) is 4.79 Å². The summed E-state index contributed by atoms with van der Waals surface area (Å²) in [6.45, 7) is 6.89. The smallest absolute Gasteiger partial charge is 0.133 e. The molecule has 0 aromatic heterocycles. The van der Waals surface area contributed by atoms with Crippen molar-refractivity contribution in [2.24, 2.45) is 52.3 Å². The zero-order chi connectivity index (χ0) is 17.4. The van der Waals surface area contributed by atoms with E-state index in [0.29, 0.717) is 17.1 Å². The predicted octanol–water partition coefficient (Wildman–Crippen LogP) is 6.26. The third-order valence-electron chi connectivity index (χ3n) is 10.3. The number of carbonyl (C=O) groups excluding carboxylic acids is 1. The summed E-state index contributed by atoms with van der Waals surface area (Å²) in [7, 11) is 0. The Labute approximate surface area is 154 Å². The van der Waals surface area contributed by atoms with Crippen LogP contribution in [0.25, 0.3) is 0 Å². The van der Waals surface area contributed by atoms with Gasteiger partial charge < -0.3 is 0 Å². The van der Waals surface area contributed by atoms with Gasteiger partial charge in [-0.25, -0.2) is 0 Å². The Hall–Kier alpha value is -0.330. The fourth-order valence-corrected chi connectivity index (χ4v) is 9.25. The Morgan fingerprint density at radius 3 is 2.24 bits per heavy atom. The minimum atomic E-state index is 0.342. The summed E-state index contributed by atoms with van der Waals surface area (Å²) < 4.78 is 0. The molecular weight excluding hydrogens is 304 g/mol. The lowest BCUT2D eigenvalue weighted by Crippen LogP contribution is -2.53. The van der Waals surface area contributed by atoms with Crippen molar-refractivity contribution in [3.63, 3.8) is 0 Å². The van der Waals surface area contributed by atoms with E-state index in [-0.39, 0.29) is 0 Å². The maximum absolute atomic E-state index is 12.3. The number of carbonyl (C=O) groups is 1. The molecule has 8 atom stereocenters. The molecule has 0 N–H and O–H groups in total. The normalized spacial score (nSPS) is 55.2. The van der Waals surface area contributed by atoms with Crippen LogP contribution in [0.15, 0.2) is 0 Å². The van der Waals surface area contributed by atoms with Gasteiger partial charge in [-0.1, -0.05) is 20.3 Å². The molecule has 25 heavy (non-hydrogen) atoms. The van der Waals surface area contributed by atoms with Crippen LogP contribution >= 0.6 is 0 Å². The average Bonchev–Trinajstić information content (AvgIpc) is 3.36. The highest BCUT2D eigenvalue weighted by Gasteiger charge is 2.62. The van der Waals surface area contributed by atoms with Crippen molar-refractivity contribution in [1.82, 2.24) is 0 Å². The summed E-state index contributed by atoms with van der Waals surface area (Å²) >= 11 is 0. The van der Waals surface area contributed by atoms with Gasteiger partial charge in [-0.05, 0) is 117 Å². The summed E-state index contributed by atoms with van der Waals surface area (Å²) in [5.74, 6) is 6.77. The van der Waals surface area contributed by atoms with Crippen LogP contribution in [0.4, 0.5) is 0 Å². The number of Topliss-reactive ketones (excluding diaryl/α,β-unsaturated/α-hetero) is 1. The molecule has 0 aromatic carbocycles. The molecule has 8 unspecified atom stereocenters. The largest absolute Gasteiger partial charge is 0.300 e. The third-order valence-corrected chi connectivity index (χ3v) is 10.3. The molecule has 0 bridgehead atoms. The summed E-state index contributed by atoms with van der Waals surface area (Å²) in [5.41, 5.74) is 1.08. The first-order chi connectivity index (χ1) is 12.0. The molecule has 0 amide bonds. The van der Waals surface area contributed by atoms with Crippen LogP contribution in [0.2, 0.25) is 0 Å². The zero-order valence-electron chi connectivity index (χ0n) is 16.7.